The van der Waals surface area contributed by atoms with Gasteiger partial charge in [-0.25, -0.2) is 0 Å². The van der Waals surface area contributed by atoms with Crippen molar-refractivity contribution in [2.75, 3.05) is 7.05 Å². The third kappa shape index (κ3) is 2.33. The summed E-state index contributed by atoms with van der Waals surface area (Å²) in [5.74, 6) is 0.592. The fourth-order valence-electron chi connectivity index (χ4n) is 5.91. The smallest absolute Gasteiger partial charge is 0.155 e. The van der Waals surface area contributed by atoms with Gasteiger partial charge in [0.2, 0.25) is 0 Å². The van der Waals surface area contributed by atoms with Crippen LogP contribution in [0.25, 0.3) is 0 Å². The summed E-state index contributed by atoms with van der Waals surface area (Å²) in [6, 6.07) is 0. The van der Waals surface area contributed by atoms with Crippen LogP contribution in [0.15, 0.2) is 12.2 Å². The van der Waals surface area contributed by atoms with Crippen LogP contribution in [0.3, 0.4) is 0 Å². The van der Waals surface area contributed by atoms with Gasteiger partial charge in [0.05, 0.1) is 5.60 Å². The summed E-state index contributed by atoms with van der Waals surface area (Å²) in [7, 11) is 1.95. The number of carbonyl (C=O) groups is 2. The Bertz CT molecular complexity index is 571. The molecule has 3 rings (SSSR count). The molecule has 4 nitrogen and oxygen atoms in total. The predicted molar refractivity (Wildman–Crippen MR) is 93.6 cm³/mol. The lowest BCUT2D eigenvalue weighted by molar-refractivity contribution is -0.169. The van der Waals surface area contributed by atoms with Gasteiger partial charge in [-0.3, -0.25) is 9.59 Å². The Balaban J connectivity index is 2.05. The third-order valence-electron chi connectivity index (χ3n) is 7.62. The van der Waals surface area contributed by atoms with Crippen molar-refractivity contribution in [1.82, 2.24) is 5.32 Å². The molecule has 0 aliphatic heterocycles. The number of allylic oxidation sites excluding steroid dienone is 2. The van der Waals surface area contributed by atoms with Gasteiger partial charge >= 0.3 is 0 Å². The highest BCUT2D eigenvalue weighted by atomic mass is 16.3. The minimum Gasteiger partial charge on any atom is -0.389 e. The topological polar surface area (TPSA) is 66.4 Å². The molecule has 0 aromatic heterocycles. The normalized spacial score (nSPS) is 47.8. The number of rotatable bonds is 1. The Morgan fingerprint density at radius 1 is 1.17 bits per heavy atom. The van der Waals surface area contributed by atoms with Crippen molar-refractivity contribution in [3.63, 3.8) is 0 Å². The van der Waals surface area contributed by atoms with Gasteiger partial charge in [-0.1, -0.05) is 19.9 Å². The molecule has 0 radical (unpaired) electrons. The van der Waals surface area contributed by atoms with E-state index in [0.717, 1.165) is 25.7 Å². The number of nitrogens with one attached hydrogen (secondary N) is 1. The Morgan fingerprint density at radius 2 is 1.92 bits per heavy atom. The van der Waals surface area contributed by atoms with Crippen molar-refractivity contribution < 1.29 is 14.7 Å². The summed E-state index contributed by atoms with van der Waals surface area (Å²) < 4.78 is 0. The maximum absolute atomic E-state index is 12.7. The van der Waals surface area contributed by atoms with Gasteiger partial charge in [-0.15, -0.1) is 0 Å². The highest BCUT2D eigenvalue weighted by Gasteiger charge is 2.67. The molecule has 0 amide bonds. The lowest BCUT2D eigenvalue weighted by Gasteiger charge is -2.60. The molecule has 2 N–H and O–H groups in total. The number of fused-ring (bicyclic) bond motifs is 3. The summed E-state index contributed by atoms with van der Waals surface area (Å²) >= 11 is 0. The number of carbonyl (C=O) groups excluding carboxylic acids is 2. The number of hydrogen-bond donors (Lipinski definition) is 2. The van der Waals surface area contributed by atoms with Crippen molar-refractivity contribution in [3.8, 4) is 0 Å². The van der Waals surface area contributed by atoms with Crippen LogP contribution in [0.5, 0.6) is 0 Å². The van der Waals surface area contributed by atoms with Crippen molar-refractivity contribution in [3.05, 3.63) is 12.2 Å². The van der Waals surface area contributed by atoms with Crippen LogP contribution in [-0.2, 0) is 9.59 Å². The van der Waals surface area contributed by atoms with E-state index in [2.05, 4.69) is 19.2 Å². The van der Waals surface area contributed by atoms with E-state index in [4.69, 9.17) is 0 Å². The summed E-state index contributed by atoms with van der Waals surface area (Å²) in [5, 5.41) is 15.2. The van der Waals surface area contributed by atoms with Crippen LogP contribution in [0, 0.1) is 17.3 Å². The van der Waals surface area contributed by atoms with Gasteiger partial charge < -0.3 is 10.4 Å². The number of hydrogen-bond acceptors (Lipinski definition) is 4. The van der Waals surface area contributed by atoms with Gasteiger partial charge in [0, 0.05) is 29.7 Å². The minimum absolute atomic E-state index is 0.0352. The third-order valence-corrected chi connectivity index (χ3v) is 7.62. The molecule has 5 atom stereocenters. The molecule has 2 fully saturated rings. The van der Waals surface area contributed by atoms with E-state index in [1.807, 2.05) is 13.1 Å². The molecule has 1 unspecified atom stereocenters. The van der Waals surface area contributed by atoms with Crippen LogP contribution < -0.4 is 5.32 Å². The molecule has 0 bridgehead atoms. The van der Waals surface area contributed by atoms with Gasteiger partial charge in [0.15, 0.2) is 5.78 Å². The molecular formula is C20H31NO3. The highest BCUT2D eigenvalue weighted by Crippen LogP contribution is 2.61. The van der Waals surface area contributed by atoms with Crippen LogP contribution in [0.2, 0.25) is 0 Å². The molecule has 134 valence electrons. The first-order valence-corrected chi connectivity index (χ1v) is 9.44. The Labute approximate surface area is 145 Å². The Hall–Kier alpha value is -1.00. The van der Waals surface area contributed by atoms with Crippen molar-refractivity contribution in [2.45, 2.75) is 76.4 Å². The number of ketones is 2. The van der Waals surface area contributed by atoms with Gasteiger partial charge in [-0.05, 0) is 57.6 Å². The van der Waals surface area contributed by atoms with E-state index in [9.17, 15) is 14.7 Å². The van der Waals surface area contributed by atoms with E-state index in [1.165, 1.54) is 0 Å². The quantitative estimate of drug-likeness (QED) is 0.774. The molecule has 24 heavy (non-hydrogen) atoms. The fourth-order valence-corrected chi connectivity index (χ4v) is 5.91. The zero-order valence-corrected chi connectivity index (χ0v) is 15.2. The number of Topliss-reactive ketones (excluding diaryl/α,β-unsaturated/α-hetero) is 1. The first-order valence-electron chi connectivity index (χ1n) is 9.44. The SMILES string of the molecule is CN[C@@]12CCC(=O)[C@@]1(C)CC[C@@]1(O)C2CC/C=C/C(=O)CC[C@@H]1C. The maximum atomic E-state index is 12.7. The van der Waals surface area contributed by atoms with Gasteiger partial charge in [-0.2, -0.15) is 0 Å². The van der Waals surface area contributed by atoms with Crippen molar-refractivity contribution >= 4 is 11.6 Å². The standard InChI is InChI=1S/C20H31NO3/c1-14-8-9-15(22)6-4-5-7-16-19(14,24)13-12-18(2)17(23)10-11-20(16,18)21-3/h4,6,14,16,21,24H,5,7-13H2,1-3H3/b6-4+/t14-,16?,18+,19-,20+/m0/s1. The molecule has 0 aromatic rings. The molecule has 3 aliphatic rings. The van der Waals surface area contributed by atoms with Crippen LogP contribution in [0.4, 0.5) is 0 Å². The minimum atomic E-state index is -0.807. The molecule has 4 heteroatoms. The summed E-state index contributed by atoms with van der Waals surface area (Å²) in [5.41, 5.74) is -1.52. The Kier molecular flexibility index (Phi) is 4.50. The van der Waals surface area contributed by atoms with E-state index in [-0.39, 0.29) is 28.6 Å². The number of aliphatic hydroxyl groups is 1. The Morgan fingerprint density at radius 3 is 2.62 bits per heavy atom. The van der Waals surface area contributed by atoms with Crippen LogP contribution >= 0.6 is 0 Å². The fraction of sp³-hybridized carbons (Fsp3) is 0.800. The second-order valence-corrected chi connectivity index (χ2v) is 8.41. The monoisotopic (exact) mass is 333 g/mol. The van der Waals surface area contributed by atoms with Gasteiger partial charge in [0.25, 0.3) is 0 Å². The lowest BCUT2D eigenvalue weighted by atomic mass is 9.50. The lowest BCUT2D eigenvalue weighted by Crippen LogP contribution is -2.70. The van der Waals surface area contributed by atoms with E-state index in [1.54, 1.807) is 6.08 Å². The van der Waals surface area contributed by atoms with Crippen molar-refractivity contribution in [2.24, 2.45) is 17.3 Å². The second kappa shape index (κ2) is 6.06. The zero-order valence-electron chi connectivity index (χ0n) is 15.2. The van der Waals surface area contributed by atoms with E-state index >= 15 is 0 Å². The second-order valence-electron chi connectivity index (χ2n) is 8.41. The molecule has 0 heterocycles. The molecule has 0 spiro atoms. The molecular weight excluding hydrogens is 302 g/mol. The molecule has 2 saturated carbocycles. The van der Waals surface area contributed by atoms with Gasteiger partial charge in [0.1, 0.15) is 5.78 Å². The summed E-state index contributed by atoms with van der Waals surface area (Å²) in [6.45, 7) is 4.18. The summed E-state index contributed by atoms with van der Waals surface area (Å²) in [6.07, 6.45) is 9.24. The zero-order chi connectivity index (χ0) is 17.6. The van der Waals surface area contributed by atoms with Crippen LogP contribution in [-0.4, -0.2) is 34.9 Å². The molecule has 3 aliphatic carbocycles. The van der Waals surface area contributed by atoms with E-state index in [0.29, 0.717) is 31.5 Å². The van der Waals surface area contributed by atoms with Crippen molar-refractivity contribution in [1.29, 1.82) is 0 Å². The maximum Gasteiger partial charge on any atom is 0.155 e. The summed E-state index contributed by atoms with van der Waals surface area (Å²) in [4.78, 5) is 24.6. The highest BCUT2D eigenvalue weighted by molar-refractivity contribution is 5.90. The average Bonchev–Trinajstić information content (AvgIpc) is 2.83. The predicted octanol–water partition coefficient (Wildman–Crippen LogP) is 2.79. The first-order chi connectivity index (χ1) is 11.3. The van der Waals surface area contributed by atoms with E-state index < -0.39 is 5.60 Å². The molecule has 0 aromatic carbocycles. The largest absolute Gasteiger partial charge is 0.389 e. The first kappa shape index (κ1) is 17.8. The average molecular weight is 333 g/mol. The molecule has 0 saturated heterocycles. The van der Waals surface area contributed by atoms with Crippen LogP contribution in [0.1, 0.15) is 65.2 Å².